The number of amides is 3. The number of nitrogens with one attached hydrogen (secondary N) is 2. The number of para-hydroxylation sites is 1. The van der Waals surface area contributed by atoms with Gasteiger partial charge in [0.05, 0.1) is 37.1 Å². The number of anilines is 2. The van der Waals surface area contributed by atoms with Crippen molar-refractivity contribution in [3.05, 3.63) is 48.0 Å². The molecular formula is C23H27N3O5. The van der Waals surface area contributed by atoms with Crippen LogP contribution in [0.1, 0.15) is 30.1 Å². The summed E-state index contributed by atoms with van der Waals surface area (Å²) in [7, 11) is 3.07. The molecule has 0 bridgehead atoms. The van der Waals surface area contributed by atoms with Crippen molar-refractivity contribution in [2.75, 3.05) is 37.5 Å². The van der Waals surface area contributed by atoms with Crippen molar-refractivity contribution in [3.8, 4) is 11.5 Å². The van der Waals surface area contributed by atoms with Gasteiger partial charge >= 0.3 is 0 Å². The second-order valence-corrected chi connectivity index (χ2v) is 7.23. The third-order valence-corrected chi connectivity index (χ3v) is 5.14. The molecule has 2 N–H and O–H groups in total. The van der Waals surface area contributed by atoms with E-state index in [9.17, 15) is 14.4 Å². The smallest absolute Gasteiger partial charge is 0.253 e. The van der Waals surface area contributed by atoms with Crippen LogP contribution >= 0.6 is 0 Å². The highest BCUT2D eigenvalue weighted by atomic mass is 16.5. The van der Waals surface area contributed by atoms with Crippen molar-refractivity contribution >= 4 is 29.1 Å². The van der Waals surface area contributed by atoms with E-state index in [1.807, 2.05) is 6.92 Å². The number of benzene rings is 2. The lowest BCUT2D eigenvalue weighted by Gasteiger charge is -2.20. The van der Waals surface area contributed by atoms with Gasteiger partial charge < -0.3 is 25.0 Å². The van der Waals surface area contributed by atoms with Gasteiger partial charge in [-0.3, -0.25) is 14.4 Å². The molecule has 3 amide bonds. The lowest BCUT2D eigenvalue weighted by molar-refractivity contribution is -0.122. The van der Waals surface area contributed by atoms with E-state index >= 15 is 0 Å². The largest absolute Gasteiger partial charge is 0.497 e. The van der Waals surface area contributed by atoms with Gasteiger partial charge in [-0.15, -0.1) is 0 Å². The molecule has 164 valence electrons. The molecule has 0 aromatic heterocycles. The van der Waals surface area contributed by atoms with E-state index < -0.39 is 5.92 Å². The molecule has 31 heavy (non-hydrogen) atoms. The minimum absolute atomic E-state index is 0.0659. The minimum atomic E-state index is -0.560. The zero-order valence-electron chi connectivity index (χ0n) is 17.9. The highest BCUT2D eigenvalue weighted by molar-refractivity contribution is 6.07. The molecule has 3 rings (SSSR count). The fourth-order valence-corrected chi connectivity index (χ4v) is 3.48. The molecule has 8 nitrogen and oxygen atoms in total. The molecule has 0 unspecified atom stereocenters. The van der Waals surface area contributed by atoms with Gasteiger partial charge in [-0.1, -0.05) is 19.1 Å². The molecule has 1 saturated heterocycles. The van der Waals surface area contributed by atoms with Crippen LogP contribution in [0.15, 0.2) is 42.5 Å². The Kier molecular flexibility index (Phi) is 7.12. The first-order chi connectivity index (χ1) is 15.0. The summed E-state index contributed by atoms with van der Waals surface area (Å²) < 4.78 is 10.6. The molecule has 1 aliphatic heterocycles. The Balaban J connectivity index is 1.76. The number of hydrogen-bond donors (Lipinski definition) is 2. The average Bonchev–Trinajstić information content (AvgIpc) is 3.18. The molecule has 0 saturated carbocycles. The first-order valence-electron chi connectivity index (χ1n) is 10.2. The predicted octanol–water partition coefficient (Wildman–Crippen LogP) is 2.84. The first kappa shape index (κ1) is 22.1. The second-order valence-electron chi connectivity index (χ2n) is 7.23. The number of rotatable bonds is 8. The molecule has 1 aliphatic rings. The van der Waals surface area contributed by atoms with E-state index in [2.05, 4.69) is 10.6 Å². The van der Waals surface area contributed by atoms with E-state index in [0.29, 0.717) is 35.0 Å². The zero-order chi connectivity index (χ0) is 22.4. The summed E-state index contributed by atoms with van der Waals surface area (Å²) in [6.45, 7) is 2.72. The van der Waals surface area contributed by atoms with Crippen LogP contribution in [0.4, 0.5) is 11.4 Å². The fraction of sp³-hybridized carbons (Fsp3) is 0.348. The van der Waals surface area contributed by atoms with E-state index in [1.165, 1.54) is 12.0 Å². The monoisotopic (exact) mass is 425 g/mol. The van der Waals surface area contributed by atoms with Crippen LogP contribution in [-0.2, 0) is 9.59 Å². The Hall–Kier alpha value is -3.55. The molecule has 0 radical (unpaired) electrons. The first-order valence-corrected chi connectivity index (χ1v) is 10.2. The molecule has 0 spiro atoms. The highest BCUT2D eigenvalue weighted by Crippen LogP contribution is 2.36. The van der Waals surface area contributed by atoms with Gasteiger partial charge in [0.15, 0.2) is 0 Å². The predicted molar refractivity (Wildman–Crippen MR) is 118 cm³/mol. The third-order valence-electron chi connectivity index (χ3n) is 5.14. The molecule has 1 heterocycles. The summed E-state index contributed by atoms with van der Waals surface area (Å²) in [5, 5.41) is 5.63. The van der Waals surface area contributed by atoms with Gasteiger partial charge in [0.25, 0.3) is 5.91 Å². The highest BCUT2D eigenvalue weighted by Gasteiger charge is 2.36. The Labute approximate surface area is 181 Å². The topological polar surface area (TPSA) is 97.0 Å². The van der Waals surface area contributed by atoms with Crippen molar-refractivity contribution < 1.29 is 23.9 Å². The van der Waals surface area contributed by atoms with Crippen LogP contribution in [0.5, 0.6) is 11.5 Å². The maximum Gasteiger partial charge on any atom is 0.253 e. The SMILES string of the molecule is CCCNC(=O)c1ccccc1NC(=O)[C@@H]1CC(=O)N(c2cc(OC)ccc2OC)C1. The Morgan fingerprint density at radius 2 is 1.90 bits per heavy atom. The van der Waals surface area contributed by atoms with Gasteiger partial charge in [-0.2, -0.15) is 0 Å². The molecule has 2 aromatic carbocycles. The molecule has 8 heteroatoms. The average molecular weight is 425 g/mol. The Bertz CT molecular complexity index is 975. The van der Waals surface area contributed by atoms with Crippen LogP contribution in [0.3, 0.4) is 0 Å². The number of carbonyl (C=O) groups excluding carboxylic acids is 3. The molecular weight excluding hydrogens is 398 g/mol. The second kappa shape index (κ2) is 9.97. The lowest BCUT2D eigenvalue weighted by Crippen LogP contribution is -2.30. The molecule has 1 atom stereocenters. The van der Waals surface area contributed by atoms with Crippen molar-refractivity contribution in [1.29, 1.82) is 0 Å². The molecule has 2 aromatic rings. The van der Waals surface area contributed by atoms with E-state index in [0.717, 1.165) is 6.42 Å². The van der Waals surface area contributed by atoms with Crippen LogP contribution in [0.25, 0.3) is 0 Å². The van der Waals surface area contributed by atoms with Crippen molar-refractivity contribution in [3.63, 3.8) is 0 Å². The summed E-state index contributed by atoms with van der Waals surface area (Å²) in [6, 6.07) is 12.0. The lowest BCUT2D eigenvalue weighted by atomic mass is 10.1. The van der Waals surface area contributed by atoms with E-state index in [-0.39, 0.29) is 30.7 Å². The normalized spacial score (nSPS) is 15.5. The third kappa shape index (κ3) is 4.96. The maximum atomic E-state index is 12.9. The molecule has 0 aliphatic carbocycles. The number of ether oxygens (including phenoxy) is 2. The Morgan fingerprint density at radius 1 is 1.13 bits per heavy atom. The van der Waals surface area contributed by atoms with Crippen LogP contribution in [-0.4, -0.2) is 45.0 Å². The maximum absolute atomic E-state index is 12.9. The Morgan fingerprint density at radius 3 is 2.61 bits per heavy atom. The van der Waals surface area contributed by atoms with Crippen LogP contribution < -0.4 is 25.0 Å². The van der Waals surface area contributed by atoms with Gasteiger partial charge in [0.2, 0.25) is 11.8 Å². The van der Waals surface area contributed by atoms with Crippen LogP contribution in [0, 0.1) is 5.92 Å². The fourth-order valence-electron chi connectivity index (χ4n) is 3.48. The van der Waals surface area contributed by atoms with Gasteiger partial charge in [-0.05, 0) is 30.7 Å². The quantitative estimate of drug-likeness (QED) is 0.678. The van der Waals surface area contributed by atoms with Gasteiger partial charge in [0, 0.05) is 25.6 Å². The van der Waals surface area contributed by atoms with Gasteiger partial charge in [-0.25, -0.2) is 0 Å². The van der Waals surface area contributed by atoms with Crippen molar-refractivity contribution in [2.24, 2.45) is 5.92 Å². The van der Waals surface area contributed by atoms with Crippen LogP contribution in [0.2, 0.25) is 0 Å². The standard InChI is InChI=1S/C23H27N3O5/c1-4-11-24-23(29)17-7-5-6-8-18(17)25-22(28)15-12-21(27)26(14-15)19-13-16(30-2)9-10-20(19)31-3/h5-10,13,15H,4,11-12,14H2,1-3H3,(H,24,29)(H,25,28)/t15-/m1/s1. The van der Waals surface area contributed by atoms with Crippen molar-refractivity contribution in [1.82, 2.24) is 5.32 Å². The summed E-state index contributed by atoms with van der Waals surface area (Å²) in [6.07, 6.45) is 0.879. The summed E-state index contributed by atoms with van der Waals surface area (Å²) in [5.41, 5.74) is 1.37. The van der Waals surface area contributed by atoms with E-state index in [4.69, 9.17) is 9.47 Å². The summed E-state index contributed by atoms with van der Waals surface area (Å²) in [4.78, 5) is 39.5. The molecule has 1 fully saturated rings. The zero-order valence-corrected chi connectivity index (χ0v) is 17.9. The number of hydrogen-bond acceptors (Lipinski definition) is 5. The van der Waals surface area contributed by atoms with Crippen molar-refractivity contribution in [2.45, 2.75) is 19.8 Å². The number of nitrogens with zero attached hydrogens (tertiary/aromatic N) is 1. The number of carbonyl (C=O) groups is 3. The van der Waals surface area contributed by atoms with E-state index in [1.54, 1.807) is 49.6 Å². The minimum Gasteiger partial charge on any atom is -0.497 e. The number of methoxy groups -OCH3 is 2. The van der Waals surface area contributed by atoms with Gasteiger partial charge in [0.1, 0.15) is 11.5 Å². The summed E-state index contributed by atoms with van der Waals surface area (Å²) in [5.74, 6) is -0.191. The summed E-state index contributed by atoms with van der Waals surface area (Å²) >= 11 is 0.